The Labute approximate surface area is 156 Å². The van der Waals surface area contributed by atoms with E-state index in [0.29, 0.717) is 35.2 Å². The minimum atomic E-state index is -0.538. The molecule has 0 saturated carbocycles. The maximum atomic E-state index is 14.0. The van der Waals surface area contributed by atoms with Crippen molar-refractivity contribution < 1.29 is 13.9 Å². The molecule has 1 aliphatic heterocycles. The molecule has 1 saturated heterocycles. The van der Waals surface area contributed by atoms with Gasteiger partial charge >= 0.3 is 6.09 Å². The fourth-order valence-electron chi connectivity index (χ4n) is 2.69. The number of carbonyl (C=O) groups is 1. The number of likely N-dealkylation sites (tertiary alicyclic amines) is 1. The van der Waals surface area contributed by atoms with Gasteiger partial charge in [-0.2, -0.15) is 5.10 Å². The maximum Gasteiger partial charge on any atom is 0.410 e. The van der Waals surface area contributed by atoms with Crippen LogP contribution < -0.4 is 5.73 Å². The number of amides is 1. The lowest BCUT2D eigenvalue weighted by Crippen LogP contribution is -2.50. The number of nitrogens with zero attached hydrogens (tertiary/aromatic N) is 3. The van der Waals surface area contributed by atoms with E-state index in [1.165, 1.54) is 18.2 Å². The first-order valence-corrected chi connectivity index (χ1v) is 8.58. The molecule has 2 N–H and O–H groups in total. The third kappa shape index (κ3) is 3.88. The summed E-state index contributed by atoms with van der Waals surface area (Å²) in [4.78, 5) is 13.6. The Bertz CT molecular complexity index is 848. The zero-order valence-electron chi connectivity index (χ0n) is 14.8. The van der Waals surface area contributed by atoms with E-state index in [1.54, 1.807) is 11.0 Å². The van der Waals surface area contributed by atoms with Crippen molar-refractivity contribution in [2.75, 3.05) is 18.8 Å². The van der Waals surface area contributed by atoms with E-state index in [9.17, 15) is 9.18 Å². The molecule has 8 heteroatoms. The van der Waals surface area contributed by atoms with Crippen LogP contribution in [-0.4, -0.2) is 39.9 Å². The highest BCUT2D eigenvalue weighted by Gasteiger charge is 2.36. The number of rotatable bonds is 2. The van der Waals surface area contributed by atoms with Crippen LogP contribution in [0.1, 0.15) is 32.4 Å². The molecule has 1 aliphatic rings. The summed E-state index contributed by atoms with van der Waals surface area (Å²) in [5.74, 6) is -0.469. The van der Waals surface area contributed by atoms with Crippen molar-refractivity contribution in [2.45, 2.75) is 32.3 Å². The summed E-state index contributed by atoms with van der Waals surface area (Å²) < 4.78 is 19.3. The lowest BCUT2D eigenvalue weighted by molar-refractivity contribution is 0.00786. The lowest BCUT2D eigenvalue weighted by Gasteiger charge is -2.39. The van der Waals surface area contributed by atoms with E-state index in [-0.39, 0.29) is 17.6 Å². The predicted molar refractivity (Wildman–Crippen MR) is 97.4 cm³/mol. The highest BCUT2D eigenvalue weighted by atomic mass is 35.5. The van der Waals surface area contributed by atoms with Crippen molar-refractivity contribution in [3.8, 4) is 11.3 Å². The summed E-state index contributed by atoms with van der Waals surface area (Å²) in [6.07, 6.45) is -0.363. The number of nitrogen functional groups attached to an aromatic ring is 1. The van der Waals surface area contributed by atoms with E-state index in [0.717, 1.165) is 0 Å². The maximum absolute atomic E-state index is 14.0. The number of ether oxygens (including phenoxy) is 1. The van der Waals surface area contributed by atoms with Gasteiger partial charge in [0.05, 0.1) is 17.1 Å². The largest absolute Gasteiger partial charge is 0.444 e. The minimum absolute atomic E-state index is 0.0201. The average molecular weight is 379 g/mol. The van der Waals surface area contributed by atoms with E-state index in [4.69, 9.17) is 22.1 Å². The molecule has 0 aliphatic carbocycles. The standard InChI is InChI=1S/C18H20ClFN4O2/c1-18(2,3)26-17(25)24-8-10(9-24)16-14(21)7-15(22-23-16)12-6-11(19)4-5-13(12)20/h4-7,10H,8-9H2,1-3H3,(H2,21,22). The molecule has 2 aromatic rings. The second-order valence-corrected chi connectivity index (χ2v) is 7.71. The van der Waals surface area contributed by atoms with Gasteiger partial charge in [-0.15, -0.1) is 5.10 Å². The van der Waals surface area contributed by atoms with E-state index < -0.39 is 11.4 Å². The van der Waals surface area contributed by atoms with E-state index >= 15 is 0 Å². The van der Waals surface area contributed by atoms with Gasteiger partial charge in [-0.1, -0.05) is 11.6 Å². The van der Waals surface area contributed by atoms with Crippen molar-refractivity contribution >= 4 is 23.4 Å². The topological polar surface area (TPSA) is 81.3 Å². The summed E-state index contributed by atoms with van der Waals surface area (Å²) in [5.41, 5.74) is 7.11. The van der Waals surface area contributed by atoms with Crippen molar-refractivity contribution in [1.82, 2.24) is 15.1 Å². The zero-order chi connectivity index (χ0) is 19.1. The third-order valence-corrected chi connectivity index (χ3v) is 4.21. The number of aromatic nitrogens is 2. The molecule has 1 fully saturated rings. The minimum Gasteiger partial charge on any atom is -0.444 e. The summed E-state index contributed by atoms with van der Waals surface area (Å²) in [5, 5.41) is 8.63. The fourth-order valence-corrected chi connectivity index (χ4v) is 2.86. The molecule has 138 valence electrons. The number of hydrogen-bond donors (Lipinski definition) is 1. The molecule has 0 unspecified atom stereocenters. The Kier molecular flexibility index (Phi) is 4.75. The highest BCUT2D eigenvalue weighted by molar-refractivity contribution is 6.30. The smallest absolute Gasteiger partial charge is 0.410 e. The van der Waals surface area contributed by atoms with Gasteiger partial charge in [-0.25, -0.2) is 9.18 Å². The monoisotopic (exact) mass is 378 g/mol. The van der Waals surface area contributed by atoms with E-state index in [2.05, 4.69) is 10.2 Å². The number of benzene rings is 1. The Morgan fingerprint density at radius 2 is 2.00 bits per heavy atom. The highest BCUT2D eigenvalue weighted by Crippen LogP contribution is 2.32. The van der Waals surface area contributed by atoms with Gasteiger partial charge in [0, 0.05) is 29.6 Å². The van der Waals surface area contributed by atoms with Crippen LogP contribution in [0.4, 0.5) is 14.9 Å². The zero-order valence-corrected chi connectivity index (χ0v) is 15.5. The second kappa shape index (κ2) is 6.72. The van der Waals surface area contributed by atoms with Crippen LogP contribution in [0.2, 0.25) is 5.02 Å². The molecule has 0 atom stereocenters. The Hall–Kier alpha value is -2.41. The normalized spacial score (nSPS) is 14.9. The van der Waals surface area contributed by atoms with Crippen LogP contribution in [0.25, 0.3) is 11.3 Å². The number of nitrogens with two attached hydrogens (primary N) is 1. The summed E-state index contributed by atoms with van der Waals surface area (Å²) in [6, 6.07) is 5.79. The molecule has 0 spiro atoms. The van der Waals surface area contributed by atoms with Gasteiger partial charge in [0.1, 0.15) is 11.4 Å². The van der Waals surface area contributed by atoms with Gasteiger partial charge in [0.15, 0.2) is 0 Å². The molecule has 6 nitrogen and oxygen atoms in total. The molecule has 1 aromatic heterocycles. The number of carbonyl (C=O) groups excluding carboxylic acids is 1. The molecular formula is C18H20ClFN4O2. The van der Waals surface area contributed by atoms with Gasteiger partial charge in [-0.3, -0.25) is 0 Å². The van der Waals surface area contributed by atoms with Crippen molar-refractivity contribution in [2.24, 2.45) is 0 Å². The van der Waals surface area contributed by atoms with Crippen LogP contribution in [0.5, 0.6) is 0 Å². The Balaban J connectivity index is 1.72. The van der Waals surface area contributed by atoms with Crippen LogP contribution in [0.3, 0.4) is 0 Å². The average Bonchev–Trinajstić information content (AvgIpc) is 2.48. The van der Waals surface area contributed by atoms with Crippen LogP contribution in [0, 0.1) is 5.82 Å². The summed E-state index contributed by atoms with van der Waals surface area (Å²) in [7, 11) is 0. The molecule has 0 bridgehead atoms. The summed E-state index contributed by atoms with van der Waals surface area (Å²) in [6.45, 7) is 6.37. The van der Waals surface area contributed by atoms with Crippen molar-refractivity contribution in [3.05, 3.63) is 40.8 Å². The van der Waals surface area contributed by atoms with Gasteiger partial charge in [0.25, 0.3) is 0 Å². The fraction of sp³-hybridized carbons (Fsp3) is 0.389. The quantitative estimate of drug-likeness (QED) is 0.858. The molecule has 1 amide bonds. The molecule has 1 aromatic carbocycles. The molecule has 3 rings (SSSR count). The predicted octanol–water partition coefficient (Wildman–Crippen LogP) is 3.85. The van der Waals surface area contributed by atoms with E-state index in [1.807, 2.05) is 20.8 Å². The molecule has 2 heterocycles. The summed E-state index contributed by atoms with van der Waals surface area (Å²) >= 11 is 5.92. The number of halogens is 2. The number of hydrogen-bond acceptors (Lipinski definition) is 5. The van der Waals surface area contributed by atoms with Crippen molar-refractivity contribution in [1.29, 1.82) is 0 Å². The molecule has 0 radical (unpaired) electrons. The lowest BCUT2D eigenvalue weighted by atomic mass is 9.95. The van der Waals surface area contributed by atoms with Gasteiger partial charge < -0.3 is 15.4 Å². The van der Waals surface area contributed by atoms with Crippen LogP contribution in [-0.2, 0) is 4.74 Å². The first-order valence-electron chi connectivity index (χ1n) is 8.20. The molecular weight excluding hydrogens is 359 g/mol. The Morgan fingerprint density at radius 1 is 1.31 bits per heavy atom. The first-order chi connectivity index (χ1) is 12.1. The second-order valence-electron chi connectivity index (χ2n) is 7.28. The van der Waals surface area contributed by atoms with Crippen LogP contribution >= 0.6 is 11.6 Å². The van der Waals surface area contributed by atoms with Crippen LogP contribution in [0.15, 0.2) is 24.3 Å². The van der Waals surface area contributed by atoms with Crippen molar-refractivity contribution in [3.63, 3.8) is 0 Å². The molecule has 26 heavy (non-hydrogen) atoms. The van der Waals surface area contributed by atoms with Gasteiger partial charge in [0.2, 0.25) is 0 Å². The number of anilines is 1. The first kappa shape index (κ1) is 18.4. The third-order valence-electron chi connectivity index (χ3n) is 3.98. The SMILES string of the molecule is CC(C)(C)OC(=O)N1CC(c2nnc(-c3cc(Cl)ccc3F)cc2N)C1. The Morgan fingerprint density at radius 3 is 2.62 bits per heavy atom. The van der Waals surface area contributed by atoms with Gasteiger partial charge in [-0.05, 0) is 45.0 Å².